The predicted octanol–water partition coefficient (Wildman–Crippen LogP) is -0.0602. The molecule has 84 valence electrons. The van der Waals surface area contributed by atoms with Crippen LogP contribution in [0.5, 0.6) is 5.75 Å². The van der Waals surface area contributed by atoms with E-state index in [-0.39, 0.29) is 0 Å². The number of rotatable bonds is 4. The van der Waals surface area contributed by atoms with E-state index >= 15 is 0 Å². The topological polar surface area (TPSA) is 78.5 Å². The number of hydrogen-bond acceptors (Lipinski definition) is 4. The molecule has 0 atom stereocenters. The number of aliphatic carboxylic acids is 1. The van der Waals surface area contributed by atoms with Crippen LogP contribution in [-0.2, 0) is 9.59 Å². The molecule has 5 nitrogen and oxygen atoms in total. The van der Waals surface area contributed by atoms with Crippen molar-refractivity contribution in [1.29, 1.82) is 0 Å². The summed E-state index contributed by atoms with van der Waals surface area (Å²) in [6.07, 6.45) is 1.53. The standard InChI is InChI=1S/C11H11NO4/c1-16-9-5-3-2-4-8(9)12-10(13)6-7-11(14)15/h2-7H,1H3,(H,12,13)(H,14,15)/p-1/b7-6-. The summed E-state index contributed by atoms with van der Waals surface area (Å²) in [6, 6.07) is 6.80. The molecule has 1 aromatic rings. The third kappa shape index (κ3) is 3.45. The van der Waals surface area contributed by atoms with E-state index in [0.29, 0.717) is 17.5 Å². The third-order valence-corrected chi connectivity index (χ3v) is 1.74. The van der Waals surface area contributed by atoms with Gasteiger partial charge in [0.15, 0.2) is 0 Å². The molecule has 1 rings (SSSR count). The lowest BCUT2D eigenvalue weighted by Gasteiger charge is -2.07. The summed E-state index contributed by atoms with van der Waals surface area (Å²) in [4.78, 5) is 21.3. The smallest absolute Gasteiger partial charge is 0.248 e. The van der Waals surface area contributed by atoms with Gasteiger partial charge in [-0.1, -0.05) is 12.1 Å². The molecular weight excluding hydrogens is 210 g/mol. The number of nitrogens with one attached hydrogen (secondary N) is 1. The van der Waals surface area contributed by atoms with Gasteiger partial charge in [0, 0.05) is 6.08 Å². The van der Waals surface area contributed by atoms with Crippen molar-refractivity contribution in [1.82, 2.24) is 0 Å². The summed E-state index contributed by atoms with van der Waals surface area (Å²) in [5, 5.41) is 12.6. The van der Waals surface area contributed by atoms with Crippen molar-refractivity contribution in [2.45, 2.75) is 0 Å². The first-order valence-corrected chi connectivity index (χ1v) is 4.46. The Morgan fingerprint density at radius 2 is 2.00 bits per heavy atom. The van der Waals surface area contributed by atoms with Crippen LogP contribution in [0.1, 0.15) is 0 Å². The van der Waals surface area contributed by atoms with Crippen molar-refractivity contribution in [3.63, 3.8) is 0 Å². The SMILES string of the molecule is COc1ccccc1NC(=O)/C=C\C(=O)[O-]. The Bertz CT molecular complexity index is 426. The Kier molecular flexibility index (Phi) is 4.08. The molecule has 0 aliphatic carbocycles. The molecule has 0 spiro atoms. The maximum Gasteiger partial charge on any atom is 0.248 e. The fourth-order valence-corrected chi connectivity index (χ4v) is 1.07. The van der Waals surface area contributed by atoms with Gasteiger partial charge in [-0.15, -0.1) is 0 Å². The highest BCUT2D eigenvalue weighted by Gasteiger charge is 2.03. The van der Waals surface area contributed by atoms with E-state index in [0.717, 1.165) is 6.08 Å². The molecule has 0 heterocycles. The number of ether oxygens (including phenoxy) is 1. The van der Waals surface area contributed by atoms with E-state index in [1.165, 1.54) is 7.11 Å². The van der Waals surface area contributed by atoms with E-state index in [4.69, 9.17) is 4.74 Å². The molecule has 1 aromatic carbocycles. The second-order valence-corrected chi connectivity index (χ2v) is 2.84. The van der Waals surface area contributed by atoms with Gasteiger partial charge >= 0.3 is 0 Å². The molecular formula is C11H10NO4-. The van der Waals surface area contributed by atoms with Gasteiger partial charge in [-0.05, 0) is 18.2 Å². The zero-order valence-corrected chi connectivity index (χ0v) is 8.60. The first kappa shape index (κ1) is 11.8. The van der Waals surface area contributed by atoms with Crippen LogP contribution in [-0.4, -0.2) is 19.0 Å². The van der Waals surface area contributed by atoms with Crippen LogP contribution in [0.15, 0.2) is 36.4 Å². The number of carboxylic acids is 1. The van der Waals surface area contributed by atoms with E-state index < -0.39 is 11.9 Å². The van der Waals surface area contributed by atoms with Crippen LogP contribution in [0.2, 0.25) is 0 Å². The monoisotopic (exact) mass is 220 g/mol. The predicted molar refractivity (Wildman–Crippen MR) is 55.8 cm³/mol. The average molecular weight is 220 g/mol. The highest BCUT2D eigenvalue weighted by molar-refractivity contribution is 6.02. The maximum atomic E-state index is 11.2. The van der Waals surface area contributed by atoms with Crippen LogP contribution in [0.3, 0.4) is 0 Å². The van der Waals surface area contributed by atoms with E-state index in [1.54, 1.807) is 24.3 Å². The molecule has 0 aromatic heterocycles. The molecule has 0 bridgehead atoms. The maximum absolute atomic E-state index is 11.2. The molecule has 0 unspecified atom stereocenters. The highest BCUT2D eigenvalue weighted by atomic mass is 16.5. The number of carboxylic acid groups (broad SMARTS) is 1. The van der Waals surface area contributed by atoms with Gasteiger partial charge < -0.3 is 20.0 Å². The molecule has 0 aliphatic rings. The molecule has 0 fully saturated rings. The van der Waals surface area contributed by atoms with Gasteiger partial charge in [-0.3, -0.25) is 4.79 Å². The quantitative estimate of drug-likeness (QED) is 0.721. The van der Waals surface area contributed by atoms with Gasteiger partial charge in [0.25, 0.3) is 0 Å². The van der Waals surface area contributed by atoms with Crippen LogP contribution in [0.25, 0.3) is 0 Å². The lowest BCUT2D eigenvalue weighted by molar-refractivity contribution is -0.297. The molecule has 1 N–H and O–H groups in total. The van der Waals surface area contributed by atoms with E-state index in [2.05, 4.69) is 5.32 Å². The van der Waals surface area contributed by atoms with Crippen LogP contribution < -0.4 is 15.2 Å². The lowest BCUT2D eigenvalue weighted by Crippen LogP contribution is -2.20. The Balaban J connectivity index is 2.73. The largest absolute Gasteiger partial charge is 0.545 e. The minimum absolute atomic E-state index is 0.470. The number of carbonyl (C=O) groups excluding carboxylic acids is 2. The van der Waals surface area contributed by atoms with Crippen molar-refractivity contribution in [3.8, 4) is 5.75 Å². The highest BCUT2D eigenvalue weighted by Crippen LogP contribution is 2.22. The number of para-hydroxylation sites is 2. The molecule has 0 saturated heterocycles. The number of benzene rings is 1. The van der Waals surface area contributed by atoms with Gasteiger partial charge in [-0.2, -0.15) is 0 Å². The van der Waals surface area contributed by atoms with Crippen LogP contribution >= 0.6 is 0 Å². The molecule has 16 heavy (non-hydrogen) atoms. The fourth-order valence-electron chi connectivity index (χ4n) is 1.07. The summed E-state index contributed by atoms with van der Waals surface area (Å²) in [7, 11) is 1.47. The molecule has 1 amide bonds. The summed E-state index contributed by atoms with van der Waals surface area (Å²) in [6.45, 7) is 0. The second kappa shape index (κ2) is 5.55. The van der Waals surface area contributed by atoms with E-state index in [1.807, 2.05) is 0 Å². The van der Waals surface area contributed by atoms with Gasteiger partial charge in [-0.25, -0.2) is 0 Å². The average Bonchev–Trinajstić information content (AvgIpc) is 2.27. The minimum Gasteiger partial charge on any atom is -0.545 e. The Morgan fingerprint density at radius 1 is 1.31 bits per heavy atom. The summed E-state index contributed by atoms with van der Waals surface area (Å²) < 4.78 is 5.00. The molecule has 0 aliphatic heterocycles. The number of hydrogen-bond donors (Lipinski definition) is 1. The zero-order valence-electron chi connectivity index (χ0n) is 8.60. The van der Waals surface area contributed by atoms with Crippen molar-refractivity contribution >= 4 is 17.6 Å². The molecule has 0 radical (unpaired) electrons. The Morgan fingerprint density at radius 3 is 2.62 bits per heavy atom. The van der Waals surface area contributed by atoms with Crippen molar-refractivity contribution in [2.24, 2.45) is 0 Å². The van der Waals surface area contributed by atoms with Crippen molar-refractivity contribution in [3.05, 3.63) is 36.4 Å². The Labute approximate surface area is 92.3 Å². The first-order valence-electron chi connectivity index (χ1n) is 4.46. The Hall–Kier alpha value is -2.30. The first-order chi connectivity index (χ1) is 7.63. The molecule has 0 saturated carbocycles. The normalized spacial score (nSPS) is 10.1. The summed E-state index contributed by atoms with van der Waals surface area (Å²) in [5.41, 5.74) is 0.470. The van der Waals surface area contributed by atoms with Gasteiger partial charge in [0.05, 0.1) is 18.8 Å². The second-order valence-electron chi connectivity index (χ2n) is 2.84. The third-order valence-electron chi connectivity index (χ3n) is 1.74. The number of amides is 1. The van der Waals surface area contributed by atoms with Crippen molar-refractivity contribution in [2.75, 3.05) is 12.4 Å². The van der Waals surface area contributed by atoms with Crippen molar-refractivity contribution < 1.29 is 19.4 Å². The minimum atomic E-state index is -1.42. The molecule has 5 heteroatoms. The van der Waals surface area contributed by atoms with Crippen LogP contribution in [0.4, 0.5) is 5.69 Å². The fraction of sp³-hybridized carbons (Fsp3) is 0.0909. The van der Waals surface area contributed by atoms with Gasteiger partial charge in [0.1, 0.15) is 5.75 Å². The lowest BCUT2D eigenvalue weighted by atomic mass is 10.3. The number of carbonyl (C=O) groups is 2. The summed E-state index contributed by atoms with van der Waals surface area (Å²) >= 11 is 0. The van der Waals surface area contributed by atoms with Gasteiger partial charge in [0.2, 0.25) is 5.91 Å². The number of methoxy groups -OCH3 is 1. The van der Waals surface area contributed by atoms with E-state index in [9.17, 15) is 14.7 Å². The number of anilines is 1. The zero-order chi connectivity index (χ0) is 12.0. The van der Waals surface area contributed by atoms with Crippen LogP contribution in [0, 0.1) is 0 Å². The summed E-state index contributed by atoms with van der Waals surface area (Å²) in [5.74, 6) is -1.48.